The fourth-order valence-corrected chi connectivity index (χ4v) is 4.34. The number of unbranched alkanes of at least 4 members (excludes halogenated alkanes) is 1. The Kier molecular flexibility index (Phi) is 12.0. The van der Waals surface area contributed by atoms with Gasteiger partial charge in [-0.25, -0.2) is 4.39 Å². The van der Waals surface area contributed by atoms with Gasteiger partial charge in [-0.2, -0.15) is 13.2 Å². The zero-order valence-corrected chi connectivity index (χ0v) is 20.1. The molecule has 0 unspecified atom stereocenters. The Hall–Kier alpha value is -2.13. The Balaban J connectivity index is 1.75. The number of rotatable bonds is 14. The van der Waals surface area contributed by atoms with Crippen LogP contribution in [0.4, 0.5) is 17.6 Å². The average Bonchev–Trinajstić information content (AvgIpc) is 3.08. The highest BCUT2D eigenvalue weighted by molar-refractivity contribution is 5.69. The van der Waals surface area contributed by atoms with Crippen LogP contribution in [-0.2, 0) is 15.7 Å². The summed E-state index contributed by atoms with van der Waals surface area (Å²) in [7, 11) is 0. The van der Waals surface area contributed by atoms with Gasteiger partial charge in [0.25, 0.3) is 0 Å². The largest absolute Gasteiger partial charge is 0.491 e. The first-order valence-electron chi connectivity index (χ1n) is 12.2. The molecule has 0 heterocycles. The van der Waals surface area contributed by atoms with Crippen molar-refractivity contribution in [2.24, 2.45) is 11.8 Å². The number of aliphatic hydroxyl groups is 2. The summed E-state index contributed by atoms with van der Waals surface area (Å²) in [5.41, 5.74) is -0.860. The van der Waals surface area contributed by atoms with E-state index in [1.807, 2.05) is 19.1 Å². The molecule has 1 aromatic carbocycles. The van der Waals surface area contributed by atoms with Crippen LogP contribution < -0.4 is 4.74 Å². The highest BCUT2D eigenvalue weighted by Gasteiger charge is 2.40. The summed E-state index contributed by atoms with van der Waals surface area (Å²) in [4.78, 5) is 11.5. The molecule has 198 valence electrons. The van der Waals surface area contributed by atoms with Crippen LogP contribution in [-0.4, -0.2) is 47.8 Å². The van der Waals surface area contributed by atoms with Crippen LogP contribution in [0.2, 0.25) is 0 Å². The first-order chi connectivity index (χ1) is 16.6. The molecule has 9 heteroatoms. The number of halogens is 4. The zero-order valence-electron chi connectivity index (χ0n) is 20.1. The third-order valence-corrected chi connectivity index (χ3v) is 6.22. The Morgan fingerprint density at radius 1 is 1.20 bits per heavy atom. The molecule has 0 aliphatic heterocycles. The van der Waals surface area contributed by atoms with E-state index in [4.69, 9.17) is 9.47 Å². The molecule has 1 aliphatic rings. The van der Waals surface area contributed by atoms with Gasteiger partial charge in [0.05, 0.1) is 24.4 Å². The minimum atomic E-state index is -4.50. The van der Waals surface area contributed by atoms with Crippen molar-refractivity contribution in [1.82, 2.24) is 0 Å². The van der Waals surface area contributed by atoms with Gasteiger partial charge in [0.1, 0.15) is 18.5 Å². The molecular weight excluding hydrogens is 468 g/mol. The molecule has 2 N–H and O–H groups in total. The molecule has 0 aromatic heterocycles. The summed E-state index contributed by atoms with van der Waals surface area (Å²) >= 11 is 0. The number of esters is 1. The first-order valence-corrected chi connectivity index (χ1v) is 12.2. The summed E-state index contributed by atoms with van der Waals surface area (Å²) in [6.45, 7) is 1.97. The third-order valence-electron chi connectivity index (χ3n) is 6.22. The second kappa shape index (κ2) is 14.4. The number of alkyl halides is 4. The second-order valence-corrected chi connectivity index (χ2v) is 9.03. The van der Waals surface area contributed by atoms with Crippen molar-refractivity contribution in [3.63, 3.8) is 0 Å². The van der Waals surface area contributed by atoms with Crippen molar-refractivity contribution in [3.8, 4) is 5.75 Å². The smallest absolute Gasteiger partial charge is 0.416 e. The summed E-state index contributed by atoms with van der Waals surface area (Å²) < 4.78 is 63.0. The number of aliphatic hydroxyl groups excluding tert-OH is 2. The van der Waals surface area contributed by atoms with Crippen LogP contribution in [0.3, 0.4) is 0 Å². The van der Waals surface area contributed by atoms with Gasteiger partial charge in [0.15, 0.2) is 0 Å². The molecule has 1 aliphatic carbocycles. The predicted molar refractivity (Wildman–Crippen MR) is 124 cm³/mol. The number of benzene rings is 1. The summed E-state index contributed by atoms with van der Waals surface area (Å²) in [5.74, 6) is -0.772. The van der Waals surface area contributed by atoms with Crippen molar-refractivity contribution >= 4 is 5.97 Å². The predicted octanol–water partition coefficient (Wildman–Crippen LogP) is 5.63. The molecule has 2 rings (SSSR count). The van der Waals surface area contributed by atoms with Crippen LogP contribution in [0.25, 0.3) is 0 Å². The second-order valence-electron chi connectivity index (χ2n) is 9.03. The van der Waals surface area contributed by atoms with Gasteiger partial charge in [-0.3, -0.25) is 4.79 Å². The molecule has 0 bridgehead atoms. The molecule has 5 nitrogen and oxygen atoms in total. The number of allylic oxidation sites excluding steroid dienone is 2. The zero-order chi connectivity index (χ0) is 25.8. The molecule has 0 amide bonds. The monoisotopic (exact) mass is 504 g/mol. The Labute approximate surface area is 204 Å². The van der Waals surface area contributed by atoms with Crippen LogP contribution in [0.1, 0.15) is 63.9 Å². The van der Waals surface area contributed by atoms with E-state index < -0.39 is 36.7 Å². The molecule has 5 atom stereocenters. The van der Waals surface area contributed by atoms with E-state index >= 15 is 0 Å². The SMILES string of the molecule is CCCOC(=O)CCC/C=C\C[C@@H]1[C@@H](CC[C@@H](F)COc2cccc(C(F)(F)F)c2)[C@H](O)C[C@@H]1O. The van der Waals surface area contributed by atoms with Gasteiger partial charge in [-0.15, -0.1) is 0 Å². The van der Waals surface area contributed by atoms with Crippen LogP contribution in [0, 0.1) is 11.8 Å². The van der Waals surface area contributed by atoms with E-state index in [2.05, 4.69) is 0 Å². The van der Waals surface area contributed by atoms with Gasteiger partial charge in [-0.05, 0) is 75.0 Å². The van der Waals surface area contributed by atoms with Crippen molar-refractivity contribution in [2.75, 3.05) is 13.2 Å². The van der Waals surface area contributed by atoms with Crippen molar-refractivity contribution in [1.29, 1.82) is 0 Å². The van der Waals surface area contributed by atoms with Crippen molar-refractivity contribution in [3.05, 3.63) is 42.0 Å². The molecule has 1 saturated carbocycles. The lowest BCUT2D eigenvalue weighted by atomic mass is 9.86. The van der Waals surface area contributed by atoms with E-state index in [1.165, 1.54) is 12.1 Å². The molecule has 0 radical (unpaired) electrons. The van der Waals surface area contributed by atoms with Crippen molar-refractivity contribution < 1.29 is 42.0 Å². The molecule has 0 spiro atoms. The number of carbonyl (C=O) groups excluding carboxylic acids is 1. The van der Waals surface area contributed by atoms with Gasteiger partial charge < -0.3 is 19.7 Å². The number of ether oxygens (including phenoxy) is 2. The lowest BCUT2D eigenvalue weighted by Crippen LogP contribution is -2.24. The standard InChI is InChI=1S/C26H36F4O5/c1-2-14-34-25(33)11-6-4-3-5-10-21-22(24(32)16-23(21)31)13-12-19(27)17-35-20-9-7-8-18(15-20)26(28,29)30/h3,5,7-9,15,19,21-24,31-32H,2,4,6,10-14,16-17H2,1H3/b5-3-/t19-,21-,22-,23+,24-/m1/s1. The minimum absolute atomic E-state index is 0.0551. The Bertz CT molecular complexity index is 798. The first kappa shape index (κ1) is 29.1. The Morgan fingerprint density at radius 2 is 1.94 bits per heavy atom. The third kappa shape index (κ3) is 10.2. The lowest BCUT2D eigenvalue weighted by molar-refractivity contribution is -0.143. The maximum Gasteiger partial charge on any atom is 0.416 e. The highest BCUT2D eigenvalue weighted by Crippen LogP contribution is 2.38. The van der Waals surface area contributed by atoms with E-state index in [9.17, 15) is 32.6 Å². The summed E-state index contributed by atoms with van der Waals surface area (Å²) in [6, 6.07) is 4.30. The number of carbonyl (C=O) groups is 1. The maximum atomic E-state index is 14.4. The Morgan fingerprint density at radius 3 is 2.66 bits per heavy atom. The van der Waals surface area contributed by atoms with Crippen molar-refractivity contribution in [2.45, 2.75) is 82.8 Å². The highest BCUT2D eigenvalue weighted by atomic mass is 19.4. The van der Waals surface area contributed by atoms with E-state index in [1.54, 1.807) is 0 Å². The van der Waals surface area contributed by atoms with Crippen LogP contribution in [0.15, 0.2) is 36.4 Å². The summed E-state index contributed by atoms with van der Waals surface area (Å²) in [5, 5.41) is 20.7. The number of hydrogen-bond donors (Lipinski definition) is 2. The van der Waals surface area contributed by atoms with Crippen LogP contribution in [0.5, 0.6) is 5.75 Å². The van der Waals surface area contributed by atoms with E-state index in [-0.39, 0.29) is 36.4 Å². The van der Waals surface area contributed by atoms with Gasteiger partial charge in [0.2, 0.25) is 0 Å². The molecule has 1 aromatic rings. The van der Waals surface area contributed by atoms with Gasteiger partial charge in [-0.1, -0.05) is 25.1 Å². The molecule has 35 heavy (non-hydrogen) atoms. The van der Waals surface area contributed by atoms with E-state index in [0.29, 0.717) is 38.7 Å². The lowest BCUT2D eigenvalue weighted by Gasteiger charge is -2.23. The molecule has 1 fully saturated rings. The summed E-state index contributed by atoms with van der Waals surface area (Å²) in [6.07, 6.45) is 0.123. The normalized spacial score (nSPS) is 23.5. The fourth-order valence-electron chi connectivity index (χ4n) is 4.34. The fraction of sp³-hybridized carbons (Fsp3) is 0.654. The van der Waals surface area contributed by atoms with Gasteiger partial charge in [0, 0.05) is 6.42 Å². The number of hydrogen-bond acceptors (Lipinski definition) is 5. The van der Waals surface area contributed by atoms with Gasteiger partial charge >= 0.3 is 12.1 Å². The molecule has 0 saturated heterocycles. The average molecular weight is 505 g/mol. The van der Waals surface area contributed by atoms with E-state index in [0.717, 1.165) is 18.6 Å². The van der Waals surface area contributed by atoms with Crippen LogP contribution >= 0.6 is 0 Å². The molecular formula is C26H36F4O5. The minimum Gasteiger partial charge on any atom is -0.491 e. The quantitative estimate of drug-likeness (QED) is 0.149. The maximum absolute atomic E-state index is 14.4. The topological polar surface area (TPSA) is 76.0 Å².